The molecule has 29 heavy (non-hydrogen) atoms. The fraction of sp³-hybridized carbons (Fsp3) is 0.273. The van der Waals surface area contributed by atoms with Crippen LogP contribution in [0, 0.1) is 0 Å². The first-order valence-corrected chi connectivity index (χ1v) is 11.3. The molecule has 0 unspecified atom stereocenters. The Bertz CT molecular complexity index is 1210. The number of anilines is 1. The van der Waals surface area contributed by atoms with Crippen molar-refractivity contribution >= 4 is 32.5 Å². The average molecular weight is 407 g/mol. The van der Waals surface area contributed by atoms with Crippen molar-refractivity contribution in [3.63, 3.8) is 0 Å². The minimum atomic E-state index is -3.58. The summed E-state index contributed by atoms with van der Waals surface area (Å²) < 4.78 is 27.6. The van der Waals surface area contributed by atoms with Crippen molar-refractivity contribution < 1.29 is 13.2 Å². The second-order valence-electron chi connectivity index (χ2n) is 7.76. The van der Waals surface area contributed by atoms with Gasteiger partial charge in [-0.3, -0.25) is 9.78 Å². The number of amides is 1. The van der Waals surface area contributed by atoms with Gasteiger partial charge in [-0.25, -0.2) is 13.1 Å². The molecule has 7 heteroatoms. The number of hydrogen-bond donors (Lipinski definition) is 2. The maximum Gasteiger partial charge on any atom is 0.256 e. The Morgan fingerprint density at radius 1 is 0.966 bits per heavy atom. The third-order valence-electron chi connectivity index (χ3n) is 5.28. The number of aromatic nitrogens is 1. The number of carbonyl (C=O) groups excluding carboxylic acids is 1. The number of para-hydroxylation sites is 1. The molecule has 1 amide bonds. The number of sulfonamides is 1. The van der Waals surface area contributed by atoms with E-state index in [0.717, 1.165) is 42.3 Å². The van der Waals surface area contributed by atoms with Gasteiger partial charge in [-0.05, 0) is 56.0 Å². The van der Waals surface area contributed by atoms with E-state index in [2.05, 4.69) is 10.0 Å². The van der Waals surface area contributed by atoms with Gasteiger partial charge >= 0.3 is 0 Å². The Hall–Kier alpha value is -2.77. The van der Waals surface area contributed by atoms with E-state index in [4.69, 9.17) is 4.98 Å². The molecule has 2 aliphatic carbocycles. The van der Waals surface area contributed by atoms with Crippen LogP contribution in [0.5, 0.6) is 0 Å². The van der Waals surface area contributed by atoms with Crippen molar-refractivity contribution in [3.05, 3.63) is 65.9 Å². The van der Waals surface area contributed by atoms with Crippen LogP contribution in [-0.4, -0.2) is 25.4 Å². The van der Waals surface area contributed by atoms with Crippen molar-refractivity contribution in [2.24, 2.45) is 0 Å². The molecule has 3 aromatic rings. The third kappa shape index (κ3) is 3.88. The SMILES string of the molecule is O=C(Nc1cccc(S(=O)(=O)NC2CC2)c1)c1cc(C2CC2)nc2ccccc12. The van der Waals surface area contributed by atoms with Crippen LogP contribution in [0.1, 0.15) is 47.7 Å². The summed E-state index contributed by atoms with van der Waals surface area (Å²) in [7, 11) is -3.58. The van der Waals surface area contributed by atoms with Crippen LogP contribution in [0.3, 0.4) is 0 Å². The average Bonchev–Trinajstić information content (AvgIpc) is 3.61. The van der Waals surface area contributed by atoms with Gasteiger partial charge in [0.05, 0.1) is 16.0 Å². The van der Waals surface area contributed by atoms with Crippen molar-refractivity contribution in [3.8, 4) is 0 Å². The maximum atomic E-state index is 13.1. The van der Waals surface area contributed by atoms with E-state index < -0.39 is 10.0 Å². The van der Waals surface area contributed by atoms with Crippen molar-refractivity contribution in [2.45, 2.75) is 42.5 Å². The highest BCUT2D eigenvalue weighted by Gasteiger charge is 2.29. The molecule has 0 saturated heterocycles. The zero-order valence-electron chi connectivity index (χ0n) is 15.8. The van der Waals surface area contributed by atoms with Crippen LogP contribution in [0.25, 0.3) is 10.9 Å². The second kappa shape index (κ2) is 6.93. The highest BCUT2D eigenvalue weighted by Crippen LogP contribution is 2.40. The summed E-state index contributed by atoms with van der Waals surface area (Å²) in [6.07, 6.45) is 3.93. The number of benzene rings is 2. The molecular weight excluding hydrogens is 386 g/mol. The first kappa shape index (κ1) is 18.3. The summed E-state index contributed by atoms with van der Waals surface area (Å²) >= 11 is 0. The highest BCUT2D eigenvalue weighted by molar-refractivity contribution is 7.89. The van der Waals surface area contributed by atoms with E-state index >= 15 is 0 Å². The molecule has 0 aliphatic heterocycles. The van der Waals surface area contributed by atoms with Crippen molar-refractivity contribution in [1.82, 2.24) is 9.71 Å². The topological polar surface area (TPSA) is 88.2 Å². The lowest BCUT2D eigenvalue weighted by Crippen LogP contribution is -2.25. The number of pyridine rings is 1. The predicted octanol–water partition coefficient (Wildman–Crippen LogP) is 3.81. The number of nitrogens with zero attached hydrogens (tertiary/aromatic N) is 1. The van der Waals surface area contributed by atoms with Crippen molar-refractivity contribution in [2.75, 3.05) is 5.32 Å². The summed E-state index contributed by atoms with van der Waals surface area (Å²) in [5.41, 5.74) is 2.75. The number of nitrogens with one attached hydrogen (secondary N) is 2. The predicted molar refractivity (Wildman–Crippen MR) is 111 cm³/mol. The van der Waals surface area contributed by atoms with Gasteiger partial charge in [0.2, 0.25) is 10.0 Å². The summed E-state index contributed by atoms with van der Waals surface area (Å²) in [5.74, 6) is 0.156. The monoisotopic (exact) mass is 407 g/mol. The Labute approximate surface area is 169 Å². The minimum absolute atomic E-state index is 0.0299. The van der Waals surface area contributed by atoms with E-state index in [1.54, 1.807) is 12.1 Å². The number of hydrogen-bond acceptors (Lipinski definition) is 4. The molecule has 0 atom stereocenters. The molecule has 1 heterocycles. The molecule has 2 aromatic carbocycles. The molecule has 2 fully saturated rings. The molecule has 0 spiro atoms. The molecule has 2 N–H and O–H groups in total. The van der Waals surface area contributed by atoms with E-state index in [9.17, 15) is 13.2 Å². The lowest BCUT2D eigenvalue weighted by Gasteiger charge is -2.11. The Balaban J connectivity index is 1.46. The first-order chi connectivity index (χ1) is 14.0. The van der Waals surface area contributed by atoms with Gasteiger partial charge in [0.15, 0.2) is 0 Å². The van der Waals surface area contributed by atoms with E-state index in [-0.39, 0.29) is 16.8 Å². The van der Waals surface area contributed by atoms with Gasteiger partial charge in [-0.2, -0.15) is 0 Å². The summed E-state index contributed by atoms with van der Waals surface area (Å²) in [6.45, 7) is 0. The van der Waals surface area contributed by atoms with E-state index in [0.29, 0.717) is 17.2 Å². The third-order valence-corrected chi connectivity index (χ3v) is 6.80. The van der Waals surface area contributed by atoms with Gasteiger partial charge in [0, 0.05) is 28.7 Å². The smallest absolute Gasteiger partial charge is 0.256 e. The summed E-state index contributed by atoms with van der Waals surface area (Å²) in [4.78, 5) is 17.9. The van der Waals surface area contributed by atoms with Gasteiger partial charge < -0.3 is 5.32 Å². The maximum absolute atomic E-state index is 13.1. The number of fused-ring (bicyclic) bond motifs is 1. The molecule has 2 saturated carbocycles. The Morgan fingerprint density at radius 3 is 2.52 bits per heavy atom. The quantitative estimate of drug-likeness (QED) is 0.650. The van der Waals surface area contributed by atoms with Crippen molar-refractivity contribution in [1.29, 1.82) is 0 Å². The second-order valence-corrected chi connectivity index (χ2v) is 9.48. The molecule has 2 aliphatic rings. The fourth-order valence-corrected chi connectivity index (χ4v) is 4.75. The molecule has 6 nitrogen and oxygen atoms in total. The minimum Gasteiger partial charge on any atom is -0.322 e. The highest BCUT2D eigenvalue weighted by atomic mass is 32.2. The standard InChI is InChI=1S/C22H21N3O3S/c26-22(19-13-21(14-8-9-14)24-20-7-2-1-6-18(19)20)23-16-4-3-5-17(12-16)29(27,28)25-15-10-11-15/h1-7,12-15,25H,8-11H2,(H,23,26). The van der Waals surface area contributed by atoms with Gasteiger partial charge in [0.1, 0.15) is 0 Å². The van der Waals surface area contributed by atoms with Crippen LogP contribution < -0.4 is 10.0 Å². The molecule has 0 bridgehead atoms. The fourth-order valence-electron chi connectivity index (χ4n) is 3.40. The zero-order valence-corrected chi connectivity index (χ0v) is 16.6. The van der Waals surface area contributed by atoms with Gasteiger partial charge in [-0.1, -0.05) is 24.3 Å². The van der Waals surface area contributed by atoms with E-state index in [1.165, 1.54) is 12.1 Å². The molecular formula is C22H21N3O3S. The summed E-state index contributed by atoms with van der Waals surface area (Å²) in [6, 6.07) is 15.8. The van der Waals surface area contributed by atoms with Gasteiger partial charge in [-0.15, -0.1) is 0 Å². The first-order valence-electron chi connectivity index (χ1n) is 9.83. The Morgan fingerprint density at radius 2 is 1.76 bits per heavy atom. The molecule has 5 rings (SSSR count). The molecule has 1 aromatic heterocycles. The summed E-state index contributed by atoms with van der Waals surface area (Å²) in [5, 5.41) is 3.65. The van der Waals surface area contributed by atoms with Crippen LogP contribution >= 0.6 is 0 Å². The zero-order chi connectivity index (χ0) is 20.0. The van der Waals surface area contributed by atoms with Crippen LogP contribution in [0.4, 0.5) is 5.69 Å². The largest absolute Gasteiger partial charge is 0.322 e. The van der Waals surface area contributed by atoms with E-state index in [1.807, 2.05) is 30.3 Å². The molecule has 148 valence electrons. The number of carbonyl (C=O) groups is 1. The lowest BCUT2D eigenvalue weighted by atomic mass is 10.1. The van der Waals surface area contributed by atoms with Crippen LogP contribution in [-0.2, 0) is 10.0 Å². The number of rotatable bonds is 6. The van der Waals surface area contributed by atoms with Gasteiger partial charge in [0.25, 0.3) is 5.91 Å². The van der Waals surface area contributed by atoms with Crippen LogP contribution in [0.15, 0.2) is 59.5 Å². The normalized spacial score (nSPS) is 16.7. The van der Waals surface area contributed by atoms with Crippen LogP contribution in [0.2, 0.25) is 0 Å². The molecule has 0 radical (unpaired) electrons. The lowest BCUT2D eigenvalue weighted by molar-refractivity contribution is 0.102. The Kier molecular flexibility index (Phi) is 4.37.